The van der Waals surface area contributed by atoms with Gasteiger partial charge in [-0.1, -0.05) is 68.5 Å². The molecule has 0 atom stereocenters. The van der Waals surface area contributed by atoms with Crippen LogP contribution in [-0.4, -0.2) is 78.5 Å². The van der Waals surface area contributed by atoms with E-state index < -0.39 is 37.4 Å². The Bertz CT molecular complexity index is 2610. The molecule has 6 rings (SSSR count). The molecule has 2 heterocycles. The highest BCUT2D eigenvalue weighted by Gasteiger charge is 2.45. The van der Waals surface area contributed by atoms with Crippen molar-refractivity contribution in [2.45, 2.75) is 89.9 Å². The molecule has 0 radical (unpaired) electrons. The zero-order valence-electron chi connectivity index (χ0n) is 34.9. The maximum absolute atomic E-state index is 11.5. The van der Waals surface area contributed by atoms with Gasteiger partial charge in [-0.05, 0) is 110 Å². The molecule has 0 saturated carbocycles. The van der Waals surface area contributed by atoms with Gasteiger partial charge in [0.25, 0.3) is 10.1 Å². The van der Waals surface area contributed by atoms with Crippen molar-refractivity contribution >= 4 is 64.8 Å². The SMILES string of the molecule is CC1(C)C(=CC=CC=CC2=[N+](CCCCS(=O)(=O)[O-])c3ccc4ccc(OCCCCCC(=O)O)cc4c3C2(C)C)N(CCCCS(=O)(=O)O)c2ccc3ccccc3c21. The van der Waals surface area contributed by atoms with E-state index in [2.05, 4.69) is 91.8 Å². The molecule has 4 aromatic carbocycles. The smallest absolute Gasteiger partial charge is 0.303 e. The minimum atomic E-state index is -4.33. The van der Waals surface area contributed by atoms with Crippen LogP contribution in [-0.2, 0) is 35.9 Å². The Hall–Kier alpha value is -4.82. The lowest BCUT2D eigenvalue weighted by Gasteiger charge is -2.27. The Morgan fingerprint density at radius 1 is 0.783 bits per heavy atom. The lowest BCUT2D eigenvalue weighted by Crippen LogP contribution is -2.28. The van der Waals surface area contributed by atoms with E-state index in [4.69, 9.17) is 9.84 Å². The van der Waals surface area contributed by atoms with Crippen LogP contribution in [0.15, 0.2) is 103 Å². The molecule has 0 amide bonds. The number of carboxylic acid groups (broad SMARTS) is 1. The lowest BCUT2D eigenvalue weighted by molar-refractivity contribution is -0.438. The summed E-state index contributed by atoms with van der Waals surface area (Å²) in [5, 5.41) is 13.4. The number of hydrogen-bond donors (Lipinski definition) is 2. The van der Waals surface area contributed by atoms with Gasteiger partial charge in [-0.2, -0.15) is 13.0 Å². The van der Waals surface area contributed by atoms with E-state index in [1.165, 1.54) is 10.9 Å². The second kappa shape index (κ2) is 18.4. The van der Waals surface area contributed by atoms with Gasteiger partial charge in [0.1, 0.15) is 12.3 Å². The van der Waals surface area contributed by atoms with E-state index in [1.54, 1.807) is 0 Å². The van der Waals surface area contributed by atoms with Gasteiger partial charge in [0.2, 0.25) is 5.69 Å². The van der Waals surface area contributed by atoms with Gasteiger partial charge in [-0.25, -0.2) is 8.42 Å². The van der Waals surface area contributed by atoms with Gasteiger partial charge in [-0.15, -0.1) is 0 Å². The van der Waals surface area contributed by atoms with Gasteiger partial charge in [0.05, 0.1) is 27.9 Å². The summed E-state index contributed by atoms with van der Waals surface area (Å²) in [7, 11) is -8.38. The molecule has 2 aliphatic heterocycles. The molecular formula is C47H56N2O9S2. The predicted molar refractivity (Wildman–Crippen MR) is 238 cm³/mol. The van der Waals surface area contributed by atoms with Crippen LogP contribution in [0.5, 0.6) is 5.75 Å². The molecule has 0 aromatic heterocycles. The van der Waals surface area contributed by atoms with Crippen LogP contribution in [0, 0.1) is 0 Å². The number of nitrogens with zero attached hydrogens (tertiary/aromatic N) is 2. The quantitative estimate of drug-likeness (QED) is 0.0379. The Labute approximate surface area is 354 Å². The molecule has 11 nitrogen and oxygen atoms in total. The third-order valence-electron chi connectivity index (χ3n) is 11.7. The molecule has 2 aliphatic rings. The van der Waals surface area contributed by atoms with E-state index in [9.17, 15) is 30.7 Å². The number of carboxylic acids is 1. The monoisotopic (exact) mass is 856 g/mol. The second-order valence-electron chi connectivity index (χ2n) is 16.8. The Morgan fingerprint density at radius 3 is 2.25 bits per heavy atom. The molecule has 0 bridgehead atoms. The van der Waals surface area contributed by atoms with Crippen LogP contribution in [0.3, 0.4) is 0 Å². The largest absolute Gasteiger partial charge is 0.748 e. The number of rotatable bonds is 20. The van der Waals surface area contributed by atoms with Crippen molar-refractivity contribution in [1.82, 2.24) is 0 Å². The number of unbranched alkanes of at least 4 members (excludes halogenated alkanes) is 4. The van der Waals surface area contributed by atoms with Crippen molar-refractivity contribution in [3.05, 3.63) is 114 Å². The molecule has 0 spiro atoms. The molecular weight excluding hydrogens is 801 g/mol. The van der Waals surface area contributed by atoms with E-state index >= 15 is 0 Å². The minimum absolute atomic E-state index is 0.147. The van der Waals surface area contributed by atoms with E-state index in [1.807, 2.05) is 42.5 Å². The zero-order valence-corrected chi connectivity index (χ0v) is 36.5. The molecule has 320 valence electrons. The molecule has 0 saturated heterocycles. The van der Waals surface area contributed by atoms with Gasteiger partial charge in [0.15, 0.2) is 5.71 Å². The van der Waals surface area contributed by atoms with E-state index in [-0.39, 0.29) is 24.0 Å². The Kier molecular flexibility index (Phi) is 13.7. The summed E-state index contributed by atoms with van der Waals surface area (Å²) in [4.78, 5) is 13.1. The first-order valence-corrected chi connectivity index (χ1v) is 23.9. The van der Waals surface area contributed by atoms with Crippen LogP contribution in [0.2, 0.25) is 0 Å². The number of carbonyl (C=O) groups is 1. The third kappa shape index (κ3) is 10.4. The van der Waals surface area contributed by atoms with Crippen molar-refractivity contribution in [3.63, 3.8) is 0 Å². The first-order chi connectivity index (χ1) is 28.4. The third-order valence-corrected chi connectivity index (χ3v) is 13.3. The summed E-state index contributed by atoms with van der Waals surface area (Å²) in [6, 6.07) is 22.8. The summed E-state index contributed by atoms with van der Waals surface area (Å²) in [5.41, 5.74) is 5.70. The van der Waals surface area contributed by atoms with Gasteiger partial charge in [-0.3, -0.25) is 9.35 Å². The molecule has 4 aromatic rings. The average molecular weight is 857 g/mol. The average Bonchev–Trinajstić information content (AvgIpc) is 3.53. The molecule has 60 heavy (non-hydrogen) atoms. The summed E-state index contributed by atoms with van der Waals surface area (Å²) in [6.45, 7) is 10.4. The molecule has 2 N–H and O–H groups in total. The Morgan fingerprint density at radius 2 is 1.50 bits per heavy atom. The van der Waals surface area contributed by atoms with Crippen molar-refractivity contribution in [3.8, 4) is 5.75 Å². The predicted octanol–water partition coefficient (Wildman–Crippen LogP) is 9.18. The maximum atomic E-state index is 11.5. The van der Waals surface area contributed by atoms with Crippen LogP contribution >= 0.6 is 0 Å². The van der Waals surface area contributed by atoms with Crippen LogP contribution in [0.25, 0.3) is 21.5 Å². The highest BCUT2D eigenvalue weighted by atomic mass is 32.2. The number of hydrogen-bond acceptors (Lipinski definition) is 8. The summed E-state index contributed by atoms with van der Waals surface area (Å²) >= 11 is 0. The number of allylic oxidation sites excluding steroid dienone is 6. The maximum Gasteiger partial charge on any atom is 0.303 e. The van der Waals surface area contributed by atoms with Crippen LogP contribution in [0.1, 0.15) is 90.2 Å². The number of ether oxygens (including phenoxy) is 1. The first kappa shape index (κ1) is 44.7. The van der Waals surface area contributed by atoms with Crippen molar-refractivity contribution < 1.29 is 45.2 Å². The lowest BCUT2D eigenvalue weighted by atomic mass is 9.79. The van der Waals surface area contributed by atoms with E-state index in [0.29, 0.717) is 45.4 Å². The fourth-order valence-electron chi connectivity index (χ4n) is 8.88. The highest BCUT2D eigenvalue weighted by molar-refractivity contribution is 7.85. The summed E-state index contributed by atoms with van der Waals surface area (Å²) in [6.07, 6.45) is 14.2. The topological polar surface area (TPSA) is 164 Å². The van der Waals surface area contributed by atoms with Crippen LogP contribution < -0.4 is 9.64 Å². The second-order valence-corrected chi connectivity index (χ2v) is 19.9. The first-order valence-electron chi connectivity index (χ1n) is 20.7. The number of anilines is 1. The highest BCUT2D eigenvalue weighted by Crippen LogP contribution is 2.51. The van der Waals surface area contributed by atoms with Crippen molar-refractivity contribution in [1.29, 1.82) is 0 Å². The molecule has 0 unspecified atom stereocenters. The summed E-state index contributed by atoms with van der Waals surface area (Å²) < 4.78 is 75.0. The number of fused-ring (bicyclic) bond motifs is 6. The fraction of sp³-hybridized carbons (Fsp3) is 0.404. The number of aliphatic carboxylic acids is 1. The van der Waals surface area contributed by atoms with Gasteiger partial charge >= 0.3 is 5.97 Å². The number of benzene rings is 4. The normalized spacial score (nSPS) is 16.8. The van der Waals surface area contributed by atoms with E-state index in [0.717, 1.165) is 63.1 Å². The van der Waals surface area contributed by atoms with Gasteiger partial charge < -0.3 is 19.3 Å². The van der Waals surface area contributed by atoms with Crippen LogP contribution in [0.4, 0.5) is 11.4 Å². The van der Waals surface area contributed by atoms with Crippen molar-refractivity contribution in [2.24, 2.45) is 0 Å². The standard InChI is InChI=1S/C47H56N2O9S2/c1-46(2)41(48(28-12-15-31-59(52,53)54)39-26-23-34-17-10-11-18-37(34)44(39)46)19-7-5-8-20-42-47(3,4)45-38-33-36(58-30-14-6-9-21-43(50)51)25-22-35(38)24-27-40(45)49(42)29-13-16-32-60(55,56)57/h5,7-8,10-11,17-20,22-27,33H,6,9,12-16,21,28-32H2,1-4H3,(H2-,50,51,52,53,54,55,56,57). The summed E-state index contributed by atoms with van der Waals surface area (Å²) in [5.74, 6) is -0.762. The zero-order chi connectivity index (χ0) is 43.3. The molecule has 0 aliphatic carbocycles. The minimum Gasteiger partial charge on any atom is -0.748 e. The Balaban J connectivity index is 1.30. The fourth-order valence-corrected chi connectivity index (χ4v) is 10.0. The van der Waals surface area contributed by atoms with Crippen molar-refractivity contribution in [2.75, 3.05) is 36.1 Å². The van der Waals surface area contributed by atoms with Gasteiger partial charge in [0, 0.05) is 59.6 Å². The molecule has 13 heteroatoms. The molecule has 0 fully saturated rings.